The van der Waals surface area contributed by atoms with Crippen LogP contribution in [0.15, 0.2) is 23.5 Å². The molecule has 1 atom stereocenters. The molecule has 0 unspecified atom stereocenters. The third kappa shape index (κ3) is 2.76. The first-order valence-electron chi connectivity index (χ1n) is 7.78. The van der Waals surface area contributed by atoms with Crippen LogP contribution >= 0.6 is 0 Å². The van der Waals surface area contributed by atoms with E-state index in [1.54, 1.807) is 28.3 Å². The van der Waals surface area contributed by atoms with Crippen molar-refractivity contribution in [3.8, 4) is 0 Å². The minimum absolute atomic E-state index is 0.253. The number of aromatic nitrogens is 4. The van der Waals surface area contributed by atoms with Crippen LogP contribution in [0.4, 0.5) is 0 Å². The number of hydrogen-bond acceptors (Lipinski definition) is 5. The predicted octanol–water partition coefficient (Wildman–Crippen LogP) is 1.84. The second kappa shape index (κ2) is 6.01. The molecule has 1 saturated heterocycles. The van der Waals surface area contributed by atoms with Gasteiger partial charge >= 0.3 is 0 Å². The maximum Gasteiger partial charge on any atom is 0.247 e. The molecular weight excluding hydrogens is 314 g/mol. The standard InChI is InChI=1S/C15H21N5O2S/c1-4-19-12(3)15(10-17-19)23(21,22)20-7-5-6-14(20)13-9-16-8-11(2)18-13/h8-10,14H,4-7H2,1-3H3/t14-/m0/s1. The smallest absolute Gasteiger partial charge is 0.247 e. The van der Waals surface area contributed by atoms with Gasteiger partial charge in [-0.15, -0.1) is 0 Å². The van der Waals surface area contributed by atoms with Gasteiger partial charge in [0.2, 0.25) is 10.0 Å². The normalized spacial score (nSPS) is 19.3. The second-order valence-corrected chi connectivity index (χ2v) is 7.63. The largest absolute Gasteiger partial charge is 0.269 e. The van der Waals surface area contributed by atoms with Gasteiger partial charge in [-0.05, 0) is 33.6 Å². The fourth-order valence-corrected chi connectivity index (χ4v) is 4.92. The lowest BCUT2D eigenvalue weighted by Crippen LogP contribution is -2.31. The van der Waals surface area contributed by atoms with E-state index in [2.05, 4.69) is 15.1 Å². The molecule has 0 saturated carbocycles. The Bertz CT molecular complexity index is 815. The van der Waals surface area contributed by atoms with Crippen LogP contribution in [0.3, 0.4) is 0 Å². The lowest BCUT2D eigenvalue weighted by Gasteiger charge is -2.23. The predicted molar refractivity (Wildman–Crippen MR) is 85.3 cm³/mol. The number of nitrogens with zero attached hydrogens (tertiary/aromatic N) is 5. The van der Waals surface area contributed by atoms with Crippen LogP contribution in [0.25, 0.3) is 0 Å². The zero-order valence-electron chi connectivity index (χ0n) is 13.6. The quantitative estimate of drug-likeness (QED) is 0.851. The maximum atomic E-state index is 13.1. The molecular formula is C15H21N5O2S. The topological polar surface area (TPSA) is 81.0 Å². The van der Waals surface area contributed by atoms with E-state index in [0.29, 0.717) is 24.5 Å². The van der Waals surface area contributed by atoms with Crippen molar-refractivity contribution in [1.29, 1.82) is 0 Å². The molecule has 3 rings (SSSR count). The van der Waals surface area contributed by atoms with Crippen LogP contribution in [-0.4, -0.2) is 39.0 Å². The van der Waals surface area contributed by atoms with Crippen LogP contribution in [0.5, 0.6) is 0 Å². The molecule has 0 amide bonds. The van der Waals surface area contributed by atoms with Gasteiger partial charge in [0.15, 0.2) is 0 Å². The average Bonchev–Trinajstić information content (AvgIpc) is 3.14. The molecule has 3 heterocycles. The number of rotatable bonds is 4. The van der Waals surface area contributed by atoms with Crippen LogP contribution in [0.1, 0.15) is 42.9 Å². The van der Waals surface area contributed by atoms with Gasteiger partial charge in [-0.1, -0.05) is 0 Å². The van der Waals surface area contributed by atoms with Crippen molar-refractivity contribution in [2.45, 2.75) is 51.1 Å². The average molecular weight is 335 g/mol. The van der Waals surface area contributed by atoms with Crippen LogP contribution < -0.4 is 0 Å². The Morgan fingerprint density at radius 3 is 2.70 bits per heavy atom. The Morgan fingerprint density at radius 2 is 2.04 bits per heavy atom. The van der Waals surface area contributed by atoms with E-state index in [0.717, 1.165) is 18.5 Å². The Kier molecular flexibility index (Phi) is 4.20. The van der Waals surface area contributed by atoms with Gasteiger partial charge in [-0.25, -0.2) is 8.42 Å². The summed E-state index contributed by atoms with van der Waals surface area (Å²) in [7, 11) is -3.59. The first kappa shape index (κ1) is 16.1. The summed E-state index contributed by atoms with van der Waals surface area (Å²) in [6.45, 7) is 6.74. The van der Waals surface area contributed by atoms with Crippen molar-refractivity contribution >= 4 is 10.0 Å². The molecule has 7 nitrogen and oxygen atoms in total. The van der Waals surface area contributed by atoms with Crippen molar-refractivity contribution in [3.63, 3.8) is 0 Å². The van der Waals surface area contributed by atoms with E-state index in [-0.39, 0.29) is 10.9 Å². The van der Waals surface area contributed by atoms with Gasteiger partial charge in [-0.3, -0.25) is 14.6 Å². The van der Waals surface area contributed by atoms with Crippen LogP contribution in [0.2, 0.25) is 0 Å². The highest BCUT2D eigenvalue weighted by Crippen LogP contribution is 2.36. The zero-order valence-corrected chi connectivity index (χ0v) is 14.4. The van der Waals surface area contributed by atoms with E-state index in [1.807, 2.05) is 13.8 Å². The lowest BCUT2D eigenvalue weighted by atomic mass is 10.2. The summed E-state index contributed by atoms with van der Waals surface area (Å²) in [6.07, 6.45) is 6.37. The summed E-state index contributed by atoms with van der Waals surface area (Å²) in [5.74, 6) is 0. The fourth-order valence-electron chi connectivity index (χ4n) is 3.09. The highest BCUT2D eigenvalue weighted by molar-refractivity contribution is 7.89. The van der Waals surface area contributed by atoms with Gasteiger partial charge in [0, 0.05) is 19.3 Å². The number of aryl methyl sites for hydroxylation is 2. The van der Waals surface area contributed by atoms with E-state index >= 15 is 0 Å². The minimum Gasteiger partial charge on any atom is -0.269 e. The molecule has 8 heteroatoms. The highest BCUT2D eigenvalue weighted by Gasteiger charge is 2.38. The molecule has 0 radical (unpaired) electrons. The molecule has 0 bridgehead atoms. The SMILES string of the molecule is CCn1ncc(S(=O)(=O)N2CCC[C@H]2c2cncc(C)n2)c1C. The summed E-state index contributed by atoms with van der Waals surface area (Å²) in [5, 5.41) is 4.17. The first-order valence-corrected chi connectivity index (χ1v) is 9.22. The molecule has 1 fully saturated rings. The van der Waals surface area contributed by atoms with Crippen LogP contribution in [-0.2, 0) is 16.6 Å². The van der Waals surface area contributed by atoms with Crippen LogP contribution in [0, 0.1) is 13.8 Å². The Labute approximate surface area is 136 Å². The summed E-state index contributed by atoms with van der Waals surface area (Å²) in [5.41, 5.74) is 2.18. The second-order valence-electron chi connectivity index (χ2n) is 5.77. The number of hydrogen-bond donors (Lipinski definition) is 0. The maximum absolute atomic E-state index is 13.1. The summed E-state index contributed by atoms with van der Waals surface area (Å²) in [4.78, 5) is 8.90. The van der Waals surface area contributed by atoms with Crippen molar-refractivity contribution in [2.24, 2.45) is 0 Å². The summed E-state index contributed by atoms with van der Waals surface area (Å²) >= 11 is 0. The molecule has 2 aromatic heterocycles. The van der Waals surface area contributed by atoms with Gasteiger partial charge < -0.3 is 0 Å². The zero-order chi connectivity index (χ0) is 16.6. The molecule has 0 aromatic carbocycles. The van der Waals surface area contributed by atoms with Gasteiger partial charge in [0.1, 0.15) is 4.90 Å². The minimum atomic E-state index is -3.59. The van der Waals surface area contributed by atoms with E-state index in [9.17, 15) is 8.42 Å². The molecule has 0 spiro atoms. The monoisotopic (exact) mass is 335 g/mol. The van der Waals surface area contributed by atoms with Gasteiger partial charge in [0.25, 0.3) is 0 Å². The van der Waals surface area contributed by atoms with E-state index < -0.39 is 10.0 Å². The molecule has 2 aromatic rings. The summed E-state index contributed by atoms with van der Waals surface area (Å²) < 4.78 is 29.4. The van der Waals surface area contributed by atoms with E-state index in [4.69, 9.17) is 0 Å². The molecule has 0 N–H and O–H groups in total. The first-order chi connectivity index (χ1) is 10.9. The van der Waals surface area contributed by atoms with Crippen molar-refractivity contribution in [2.75, 3.05) is 6.54 Å². The van der Waals surface area contributed by atoms with Crippen molar-refractivity contribution in [1.82, 2.24) is 24.1 Å². The molecule has 124 valence electrons. The molecule has 1 aliphatic heterocycles. The highest BCUT2D eigenvalue weighted by atomic mass is 32.2. The molecule has 23 heavy (non-hydrogen) atoms. The Morgan fingerprint density at radius 1 is 1.26 bits per heavy atom. The lowest BCUT2D eigenvalue weighted by molar-refractivity contribution is 0.389. The van der Waals surface area contributed by atoms with Gasteiger partial charge in [0.05, 0.1) is 35.5 Å². The fraction of sp³-hybridized carbons (Fsp3) is 0.533. The Hall–Kier alpha value is -1.80. The molecule has 1 aliphatic rings. The van der Waals surface area contributed by atoms with Crippen molar-refractivity contribution < 1.29 is 8.42 Å². The van der Waals surface area contributed by atoms with E-state index in [1.165, 1.54) is 6.20 Å². The van der Waals surface area contributed by atoms with Crippen molar-refractivity contribution in [3.05, 3.63) is 35.7 Å². The number of sulfonamides is 1. The summed E-state index contributed by atoms with van der Waals surface area (Å²) in [6, 6.07) is -0.253. The third-order valence-corrected chi connectivity index (χ3v) is 6.27. The molecule has 0 aliphatic carbocycles. The van der Waals surface area contributed by atoms with Gasteiger partial charge in [-0.2, -0.15) is 9.40 Å². The Balaban J connectivity index is 2.00. The third-order valence-electron chi connectivity index (χ3n) is 4.26.